The summed E-state index contributed by atoms with van der Waals surface area (Å²) >= 11 is 0. The van der Waals surface area contributed by atoms with Crippen molar-refractivity contribution in [2.45, 2.75) is 5.37 Å². The van der Waals surface area contributed by atoms with Crippen LogP contribution in [0.2, 0.25) is 0 Å². The third-order valence-corrected chi connectivity index (χ3v) is 3.66. The molecule has 0 saturated carbocycles. The molecule has 1 rings (SSSR count). The molecular weight excluding hydrogens is 274 g/mol. The van der Waals surface area contributed by atoms with E-state index in [1.54, 1.807) is 0 Å². The monoisotopic (exact) mass is 287 g/mol. The highest BCUT2D eigenvalue weighted by molar-refractivity contribution is 7.90. The highest BCUT2D eigenvalue weighted by atomic mass is 32.2. The minimum absolute atomic E-state index is 0.0903. The van der Waals surface area contributed by atoms with Crippen LogP contribution in [-0.4, -0.2) is 38.8 Å². The van der Waals surface area contributed by atoms with Gasteiger partial charge in [-0.1, -0.05) is 6.07 Å². The van der Waals surface area contributed by atoms with Crippen LogP contribution in [0.1, 0.15) is 31.7 Å². The molecule has 0 aliphatic heterocycles. The highest BCUT2D eigenvalue weighted by Crippen LogP contribution is 2.20. The molecule has 0 fully saturated rings. The number of hydrogen-bond donors (Lipinski definition) is 2. The Bertz CT molecular complexity index is 622. The van der Waals surface area contributed by atoms with Gasteiger partial charge in [-0.2, -0.15) is 0 Å². The third-order valence-electron chi connectivity index (χ3n) is 2.47. The number of benzene rings is 1. The highest BCUT2D eigenvalue weighted by Gasteiger charge is 2.23. The largest absolute Gasteiger partial charge is 0.478 e. The Morgan fingerprint density at radius 2 is 1.89 bits per heavy atom. The van der Waals surface area contributed by atoms with Crippen LogP contribution in [0, 0.1) is 0 Å². The molecule has 104 valence electrons. The Morgan fingerprint density at radius 3 is 2.32 bits per heavy atom. The Morgan fingerprint density at radius 1 is 1.32 bits per heavy atom. The lowest BCUT2D eigenvalue weighted by molar-refractivity contribution is 0.0582. The minimum Gasteiger partial charge on any atom is -0.478 e. The molecule has 0 radical (unpaired) electrons. The lowest BCUT2D eigenvalue weighted by Crippen LogP contribution is -2.21. The van der Waals surface area contributed by atoms with Crippen molar-refractivity contribution in [2.24, 2.45) is 5.73 Å². The molecule has 19 heavy (non-hydrogen) atoms. The van der Waals surface area contributed by atoms with E-state index < -0.39 is 27.1 Å². The topological polar surface area (TPSA) is 124 Å². The molecule has 0 aliphatic rings. The molecule has 1 aromatic carbocycles. The van der Waals surface area contributed by atoms with Gasteiger partial charge in [-0.05, 0) is 17.7 Å². The molecule has 0 aliphatic carbocycles. The van der Waals surface area contributed by atoms with Gasteiger partial charge in [-0.3, -0.25) is 0 Å². The molecule has 1 unspecified atom stereocenters. The van der Waals surface area contributed by atoms with Crippen LogP contribution in [-0.2, 0) is 14.6 Å². The van der Waals surface area contributed by atoms with Crippen molar-refractivity contribution in [3.8, 4) is 0 Å². The number of carboxylic acid groups (broad SMARTS) is 1. The van der Waals surface area contributed by atoms with Crippen LogP contribution in [0.5, 0.6) is 0 Å². The van der Waals surface area contributed by atoms with Gasteiger partial charge < -0.3 is 15.6 Å². The number of hydrogen-bond acceptors (Lipinski definition) is 6. The van der Waals surface area contributed by atoms with Crippen LogP contribution in [0.3, 0.4) is 0 Å². The van der Waals surface area contributed by atoms with Crippen LogP contribution in [0.4, 0.5) is 0 Å². The predicted octanol–water partition coefficient (Wildman–Crippen LogP) is 0.173. The number of ether oxygens (including phenoxy) is 1. The number of aromatic carboxylic acids is 1. The van der Waals surface area contributed by atoms with E-state index in [9.17, 15) is 18.0 Å². The van der Waals surface area contributed by atoms with Gasteiger partial charge in [0.2, 0.25) is 0 Å². The summed E-state index contributed by atoms with van der Waals surface area (Å²) in [5.74, 6) is -2.19. The van der Waals surface area contributed by atoms with E-state index in [0.717, 1.165) is 19.4 Å². The van der Waals surface area contributed by atoms with Gasteiger partial charge in [0.1, 0.15) is 5.37 Å². The van der Waals surface area contributed by atoms with Crippen LogP contribution >= 0.6 is 0 Å². The van der Waals surface area contributed by atoms with E-state index in [-0.39, 0.29) is 16.7 Å². The molecule has 1 atom stereocenters. The summed E-state index contributed by atoms with van der Waals surface area (Å²) in [5.41, 5.74) is 5.07. The summed E-state index contributed by atoms with van der Waals surface area (Å²) in [6.07, 6.45) is 0.937. The van der Waals surface area contributed by atoms with Crippen molar-refractivity contribution in [1.82, 2.24) is 0 Å². The zero-order valence-electron chi connectivity index (χ0n) is 10.3. The molecular formula is C11H13NO6S. The van der Waals surface area contributed by atoms with Gasteiger partial charge in [0.05, 0.1) is 18.2 Å². The first-order valence-electron chi connectivity index (χ1n) is 5.08. The fourth-order valence-corrected chi connectivity index (χ4v) is 2.09. The number of carbonyl (C=O) groups is 2. The van der Waals surface area contributed by atoms with Crippen molar-refractivity contribution in [2.75, 3.05) is 13.4 Å². The van der Waals surface area contributed by atoms with Crippen molar-refractivity contribution in [3.63, 3.8) is 0 Å². The lowest BCUT2D eigenvalue weighted by atomic mass is 10.0. The average Bonchev–Trinajstić information content (AvgIpc) is 2.35. The molecule has 8 heteroatoms. The Labute approximate surface area is 109 Å². The first-order valence-corrected chi connectivity index (χ1v) is 7.04. The lowest BCUT2D eigenvalue weighted by Gasteiger charge is -2.12. The summed E-state index contributed by atoms with van der Waals surface area (Å²) in [7, 11) is -2.45. The van der Waals surface area contributed by atoms with Gasteiger partial charge in [0.15, 0.2) is 9.84 Å². The number of carbonyl (C=O) groups excluding carboxylic acids is 1. The number of rotatable bonds is 4. The molecule has 0 bridgehead atoms. The summed E-state index contributed by atoms with van der Waals surface area (Å²) in [4.78, 5) is 22.5. The maximum atomic E-state index is 11.4. The molecule has 0 aromatic heterocycles. The summed E-state index contributed by atoms with van der Waals surface area (Å²) < 4.78 is 27.1. The van der Waals surface area contributed by atoms with E-state index in [0.29, 0.717) is 0 Å². The van der Waals surface area contributed by atoms with Gasteiger partial charge >= 0.3 is 11.9 Å². The second-order valence-corrected chi connectivity index (χ2v) is 6.02. The van der Waals surface area contributed by atoms with E-state index in [1.165, 1.54) is 12.1 Å². The van der Waals surface area contributed by atoms with Gasteiger partial charge in [0, 0.05) is 6.26 Å². The summed E-state index contributed by atoms with van der Waals surface area (Å²) in [6.45, 7) is 0. The first-order chi connectivity index (χ1) is 8.68. The van der Waals surface area contributed by atoms with Crippen LogP contribution in [0.25, 0.3) is 0 Å². The van der Waals surface area contributed by atoms with Gasteiger partial charge in [-0.25, -0.2) is 18.0 Å². The van der Waals surface area contributed by atoms with Crippen LogP contribution in [0.15, 0.2) is 18.2 Å². The molecule has 0 saturated heterocycles. The quantitative estimate of drug-likeness (QED) is 0.756. The Balaban J connectivity index is 3.40. The maximum absolute atomic E-state index is 11.4. The Kier molecular flexibility index (Phi) is 4.28. The molecule has 0 heterocycles. The standard InChI is InChI=1S/C11H13NO6S/c1-18-11(15)7-4-3-6(5-8(7)10(13)14)9(12)19(2,16)17/h3-5,9H,12H2,1-2H3,(H,13,14). The number of esters is 1. The third kappa shape index (κ3) is 3.30. The number of nitrogens with two attached hydrogens (primary N) is 1. The smallest absolute Gasteiger partial charge is 0.338 e. The first kappa shape index (κ1) is 15.1. The summed E-state index contributed by atoms with van der Waals surface area (Å²) in [6, 6.07) is 3.51. The van der Waals surface area contributed by atoms with E-state index in [1.807, 2.05) is 0 Å². The number of carboxylic acids is 1. The number of methoxy groups -OCH3 is 1. The van der Waals surface area contributed by atoms with Crippen molar-refractivity contribution >= 4 is 21.8 Å². The fraction of sp³-hybridized carbons (Fsp3) is 0.273. The molecule has 1 aromatic rings. The second-order valence-electron chi connectivity index (χ2n) is 3.85. The molecule has 3 N–H and O–H groups in total. The molecule has 0 spiro atoms. The minimum atomic E-state index is -3.57. The molecule has 7 nitrogen and oxygen atoms in total. The SMILES string of the molecule is COC(=O)c1ccc(C(N)S(C)(=O)=O)cc1C(=O)O. The average molecular weight is 287 g/mol. The van der Waals surface area contributed by atoms with Gasteiger partial charge in [0.25, 0.3) is 0 Å². The normalized spacial score (nSPS) is 12.8. The molecule has 0 amide bonds. The van der Waals surface area contributed by atoms with Crippen molar-refractivity contribution in [3.05, 3.63) is 34.9 Å². The van der Waals surface area contributed by atoms with Crippen molar-refractivity contribution in [1.29, 1.82) is 0 Å². The number of sulfone groups is 1. The maximum Gasteiger partial charge on any atom is 0.338 e. The summed E-state index contributed by atoms with van der Waals surface area (Å²) in [5, 5.41) is 7.67. The zero-order valence-corrected chi connectivity index (χ0v) is 11.1. The van der Waals surface area contributed by atoms with E-state index in [4.69, 9.17) is 10.8 Å². The van der Waals surface area contributed by atoms with E-state index >= 15 is 0 Å². The van der Waals surface area contributed by atoms with Gasteiger partial charge in [-0.15, -0.1) is 0 Å². The Hall–Kier alpha value is -1.93. The predicted molar refractivity (Wildman–Crippen MR) is 66.5 cm³/mol. The zero-order chi connectivity index (χ0) is 14.8. The van der Waals surface area contributed by atoms with E-state index in [2.05, 4.69) is 4.74 Å². The fourth-order valence-electron chi connectivity index (χ4n) is 1.45. The van der Waals surface area contributed by atoms with Crippen molar-refractivity contribution < 1.29 is 27.9 Å². The van der Waals surface area contributed by atoms with Crippen LogP contribution < -0.4 is 5.73 Å². The second kappa shape index (κ2) is 5.37.